The molecule has 114 valence electrons. The normalized spacial score (nSPS) is 17.4. The van der Waals surface area contributed by atoms with E-state index >= 15 is 0 Å². The van der Waals surface area contributed by atoms with Gasteiger partial charge in [-0.15, -0.1) is 0 Å². The van der Waals surface area contributed by atoms with E-state index in [0.29, 0.717) is 36.5 Å². The summed E-state index contributed by atoms with van der Waals surface area (Å²) in [6.45, 7) is 2.70. The van der Waals surface area contributed by atoms with Crippen molar-refractivity contribution in [2.45, 2.75) is 31.9 Å². The summed E-state index contributed by atoms with van der Waals surface area (Å²) in [7, 11) is 0. The van der Waals surface area contributed by atoms with Crippen molar-refractivity contribution >= 4 is 23.4 Å². The zero-order valence-electron chi connectivity index (χ0n) is 11.9. The van der Waals surface area contributed by atoms with Crippen LogP contribution in [0.25, 0.3) is 0 Å². The highest BCUT2D eigenvalue weighted by molar-refractivity contribution is 6.33. The second-order valence-electron chi connectivity index (χ2n) is 5.23. The van der Waals surface area contributed by atoms with Crippen molar-refractivity contribution in [2.24, 2.45) is 0 Å². The number of benzene rings is 1. The maximum Gasteiger partial charge on any atom is 0.253 e. The Morgan fingerprint density at radius 1 is 1.33 bits per heavy atom. The first kappa shape index (κ1) is 15.8. The molecule has 1 aromatic carbocycles. The molecule has 0 saturated carbocycles. The molecule has 1 unspecified atom stereocenters. The molecule has 1 aliphatic rings. The number of hydrogen-bond acceptors (Lipinski definition) is 3. The van der Waals surface area contributed by atoms with Crippen LogP contribution in [0.4, 0.5) is 0 Å². The molecule has 1 heterocycles. The molecule has 1 saturated heterocycles. The van der Waals surface area contributed by atoms with Gasteiger partial charge in [0.25, 0.3) is 5.91 Å². The van der Waals surface area contributed by atoms with Crippen LogP contribution in [0.5, 0.6) is 0 Å². The van der Waals surface area contributed by atoms with E-state index in [4.69, 9.17) is 11.6 Å². The van der Waals surface area contributed by atoms with Gasteiger partial charge in [-0.2, -0.15) is 0 Å². The van der Waals surface area contributed by atoms with Gasteiger partial charge in [0.05, 0.1) is 16.7 Å². The van der Waals surface area contributed by atoms with Crippen LogP contribution in [0.3, 0.4) is 0 Å². The minimum Gasteiger partial charge on any atom is -0.393 e. The van der Waals surface area contributed by atoms with Gasteiger partial charge in [-0.1, -0.05) is 23.7 Å². The van der Waals surface area contributed by atoms with E-state index in [0.717, 1.165) is 0 Å². The largest absolute Gasteiger partial charge is 0.393 e. The number of carbonyl (C=O) groups is 2. The Balaban J connectivity index is 1.95. The second kappa shape index (κ2) is 6.91. The van der Waals surface area contributed by atoms with Crippen molar-refractivity contribution in [3.63, 3.8) is 0 Å². The molecule has 2 N–H and O–H groups in total. The fourth-order valence-corrected chi connectivity index (χ4v) is 2.56. The Morgan fingerprint density at radius 2 is 1.95 bits per heavy atom. The Labute approximate surface area is 128 Å². The molecular formula is C15H19ClN2O3. The van der Waals surface area contributed by atoms with Gasteiger partial charge in [-0.05, 0) is 31.9 Å². The Hall–Kier alpha value is -1.59. The molecule has 21 heavy (non-hydrogen) atoms. The lowest BCUT2D eigenvalue weighted by atomic mass is 10.1. The van der Waals surface area contributed by atoms with Crippen molar-refractivity contribution in [2.75, 3.05) is 13.1 Å². The Bertz CT molecular complexity index is 527. The lowest BCUT2D eigenvalue weighted by Crippen LogP contribution is -2.50. The predicted octanol–water partition coefficient (Wildman–Crippen LogP) is 1.44. The smallest absolute Gasteiger partial charge is 0.253 e. The Kier molecular flexibility index (Phi) is 5.20. The molecule has 2 rings (SSSR count). The Morgan fingerprint density at radius 3 is 2.57 bits per heavy atom. The number of rotatable bonds is 3. The number of halogens is 1. The van der Waals surface area contributed by atoms with Crippen molar-refractivity contribution < 1.29 is 14.7 Å². The second-order valence-corrected chi connectivity index (χ2v) is 5.64. The quantitative estimate of drug-likeness (QED) is 0.887. The van der Waals surface area contributed by atoms with Crippen LogP contribution < -0.4 is 5.32 Å². The number of likely N-dealkylation sites (tertiary alicyclic amines) is 1. The first-order valence-electron chi connectivity index (χ1n) is 7.01. The zero-order valence-corrected chi connectivity index (χ0v) is 12.6. The maximum atomic E-state index is 12.3. The number of aliphatic hydroxyl groups is 1. The number of carbonyl (C=O) groups excluding carboxylic acids is 2. The van der Waals surface area contributed by atoms with E-state index in [1.807, 2.05) is 0 Å². The van der Waals surface area contributed by atoms with Crippen LogP contribution in [0.15, 0.2) is 24.3 Å². The van der Waals surface area contributed by atoms with Crippen molar-refractivity contribution in [1.29, 1.82) is 0 Å². The summed E-state index contributed by atoms with van der Waals surface area (Å²) in [5, 5.41) is 12.5. The average Bonchev–Trinajstić information content (AvgIpc) is 2.47. The van der Waals surface area contributed by atoms with Crippen LogP contribution >= 0.6 is 11.6 Å². The van der Waals surface area contributed by atoms with E-state index in [-0.39, 0.29) is 17.9 Å². The minimum atomic E-state index is -0.621. The van der Waals surface area contributed by atoms with Crippen molar-refractivity contribution in [3.05, 3.63) is 34.9 Å². The van der Waals surface area contributed by atoms with E-state index in [1.165, 1.54) is 0 Å². The molecule has 0 spiro atoms. The van der Waals surface area contributed by atoms with Gasteiger partial charge in [-0.3, -0.25) is 9.59 Å². The third-order valence-electron chi connectivity index (χ3n) is 3.61. The lowest BCUT2D eigenvalue weighted by molar-refractivity contribution is -0.134. The van der Waals surface area contributed by atoms with Crippen LogP contribution in [0.1, 0.15) is 30.1 Å². The molecule has 0 bridgehead atoms. The molecular weight excluding hydrogens is 292 g/mol. The SMILES string of the molecule is CC(NC(=O)c1ccccc1Cl)C(=O)N1CCC(O)CC1. The molecule has 5 nitrogen and oxygen atoms in total. The van der Waals surface area contributed by atoms with Gasteiger partial charge in [0.15, 0.2) is 0 Å². The third-order valence-corrected chi connectivity index (χ3v) is 3.94. The van der Waals surface area contributed by atoms with Gasteiger partial charge in [0.2, 0.25) is 5.91 Å². The number of nitrogens with zero attached hydrogens (tertiary/aromatic N) is 1. The summed E-state index contributed by atoms with van der Waals surface area (Å²) in [6.07, 6.45) is 0.829. The maximum absolute atomic E-state index is 12.3. The number of hydrogen-bond donors (Lipinski definition) is 2. The summed E-state index contributed by atoms with van der Waals surface area (Å²) < 4.78 is 0. The zero-order chi connectivity index (χ0) is 15.4. The molecule has 2 amide bonds. The minimum absolute atomic E-state index is 0.137. The highest BCUT2D eigenvalue weighted by Crippen LogP contribution is 2.15. The third kappa shape index (κ3) is 3.95. The molecule has 1 aliphatic heterocycles. The van der Waals surface area contributed by atoms with E-state index < -0.39 is 6.04 Å². The predicted molar refractivity (Wildman–Crippen MR) is 80.2 cm³/mol. The van der Waals surface area contributed by atoms with Crippen LogP contribution in [0, 0.1) is 0 Å². The molecule has 6 heteroatoms. The van der Waals surface area contributed by atoms with Crippen LogP contribution in [0.2, 0.25) is 5.02 Å². The summed E-state index contributed by atoms with van der Waals surface area (Å²) in [4.78, 5) is 26.0. The lowest BCUT2D eigenvalue weighted by Gasteiger charge is -2.31. The summed E-state index contributed by atoms with van der Waals surface area (Å²) in [5.74, 6) is -0.499. The van der Waals surface area contributed by atoms with E-state index in [1.54, 1.807) is 36.1 Å². The molecule has 0 aromatic heterocycles. The van der Waals surface area contributed by atoms with E-state index in [9.17, 15) is 14.7 Å². The highest BCUT2D eigenvalue weighted by atomic mass is 35.5. The molecule has 0 radical (unpaired) electrons. The highest BCUT2D eigenvalue weighted by Gasteiger charge is 2.26. The average molecular weight is 311 g/mol. The van der Waals surface area contributed by atoms with Crippen molar-refractivity contribution in [3.8, 4) is 0 Å². The molecule has 1 aromatic rings. The molecule has 1 atom stereocenters. The topological polar surface area (TPSA) is 69.6 Å². The first-order chi connectivity index (χ1) is 9.99. The number of nitrogens with one attached hydrogen (secondary N) is 1. The first-order valence-corrected chi connectivity index (χ1v) is 7.39. The van der Waals surface area contributed by atoms with Gasteiger partial charge in [0.1, 0.15) is 6.04 Å². The molecule has 0 aliphatic carbocycles. The number of aliphatic hydroxyl groups excluding tert-OH is 1. The van der Waals surface area contributed by atoms with E-state index in [2.05, 4.69) is 5.32 Å². The fourth-order valence-electron chi connectivity index (χ4n) is 2.34. The van der Waals surface area contributed by atoms with Gasteiger partial charge in [0, 0.05) is 13.1 Å². The number of piperidine rings is 1. The van der Waals surface area contributed by atoms with Crippen molar-refractivity contribution in [1.82, 2.24) is 10.2 Å². The van der Waals surface area contributed by atoms with Gasteiger partial charge in [-0.25, -0.2) is 0 Å². The van der Waals surface area contributed by atoms with Crippen LogP contribution in [-0.4, -0.2) is 47.1 Å². The van der Waals surface area contributed by atoms with Crippen LogP contribution in [-0.2, 0) is 4.79 Å². The van der Waals surface area contributed by atoms with Gasteiger partial charge >= 0.3 is 0 Å². The fraction of sp³-hybridized carbons (Fsp3) is 0.467. The standard InChI is InChI=1S/C15H19ClN2O3/c1-10(15(21)18-8-6-11(19)7-9-18)17-14(20)12-4-2-3-5-13(12)16/h2-5,10-11,19H,6-9H2,1H3,(H,17,20). The van der Waals surface area contributed by atoms with Gasteiger partial charge < -0.3 is 15.3 Å². The summed E-state index contributed by atoms with van der Waals surface area (Å²) in [5.41, 5.74) is 0.355. The summed E-state index contributed by atoms with van der Waals surface area (Å²) >= 11 is 5.96. The monoisotopic (exact) mass is 310 g/mol. The number of amides is 2. The summed E-state index contributed by atoms with van der Waals surface area (Å²) in [6, 6.07) is 6.09. The molecule has 1 fully saturated rings.